The van der Waals surface area contributed by atoms with Crippen LogP contribution in [0.2, 0.25) is 0 Å². The molecule has 1 atom stereocenters. The molecule has 1 heterocycles. The molecule has 1 aromatic heterocycles. The van der Waals surface area contributed by atoms with Crippen LogP contribution >= 0.6 is 35.3 Å². The van der Waals surface area contributed by atoms with Crippen molar-refractivity contribution in [3.05, 3.63) is 46.4 Å². The minimum Gasteiger partial charge on any atom is -0.489 e. The summed E-state index contributed by atoms with van der Waals surface area (Å²) < 4.78 is 5.83. The van der Waals surface area contributed by atoms with E-state index in [-0.39, 0.29) is 30.1 Å². The average Bonchev–Trinajstić information content (AvgIpc) is 3.04. The number of para-hydroxylation sites is 1. The fourth-order valence-corrected chi connectivity index (χ4v) is 2.79. The maximum absolute atomic E-state index is 5.83. The molecule has 0 saturated carbocycles. The SMILES string of the molecule is CCc1cnc(CNC(=NC)NCC(C)Oc2ccccc2)s1.I. The molecule has 0 amide bonds. The molecular weight excluding hydrogens is 435 g/mol. The van der Waals surface area contributed by atoms with Gasteiger partial charge in [-0.1, -0.05) is 25.1 Å². The van der Waals surface area contributed by atoms with Gasteiger partial charge < -0.3 is 15.4 Å². The van der Waals surface area contributed by atoms with Crippen LogP contribution in [0.4, 0.5) is 0 Å². The molecular formula is C17H25IN4OS. The van der Waals surface area contributed by atoms with Crippen molar-refractivity contribution in [3.63, 3.8) is 0 Å². The summed E-state index contributed by atoms with van der Waals surface area (Å²) in [4.78, 5) is 9.92. The number of rotatable bonds is 7. The number of guanidine groups is 1. The van der Waals surface area contributed by atoms with Gasteiger partial charge in [0.25, 0.3) is 0 Å². The standard InChI is InChI=1S/C17H24N4OS.HI/c1-4-15-11-19-16(23-15)12-21-17(18-3)20-10-13(2)22-14-8-6-5-7-9-14;/h5-9,11,13H,4,10,12H2,1-3H3,(H2,18,20,21);1H. The van der Waals surface area contributed by atoms with Crippen LogP contribution in [-0.4, -0.2) is 30.6 Å². The predicted octanol–water partition coefficient (Wildman–Crippen LogP) is 3.46. The molecule has 0 aliphatic carbocycles. The first-order valence-electron chi connectivity index (χ1n) is 7.81. The monoisotopic (exact) mass is 460 g/mol. The van der Waals surface area contributed by atoms with Crippen LogP contribution in [0.5, 0.6) is 5.75 Å². The number of thiazole rings is 1. The molecule has 1 unspecified atom stereocenters. The molecule has 24 heavy (non-hydrogen) atoms. The number of hydrogen-bond acceptors (Lipinski definition) is 4. The van der Waals surface area contributed by atoms with Crippen molar-refractivity contribution in [1.29, 1.82) is 0 Å². The van der Waals surface area contributed by atoms with Crippen molar-refractivity contribution in [1.82, 2.24) is 15.6 Å². The Kier molecular flexibility index (Phi) is 9.70. The van der Waals surface area contributed by atoms with E-state index in [4.69, 9.17) is 4.74 Å². The molecule has 7 heteroatoms. The molecule has 2 N–H and O–H groups in total. The fourth-order valence-electron chi connectivity index (χ4n) is 1.99. The Morgan fingerprint density at radius 3 is 2.67 bits per heavy atom. The minimum atomic E-state index is 0. The average molecular weight is 460 g/mol. The van der Waals surface area contributed by atoms with E-state index in [2.05, 4.69) is 27.5 Å². The van der Waals surface area contributed by atoms with E-state index < -0.39 is 0 Å². The summed E-state index contributed by atoms with van der Waals surface area (Å²) in [5, 5.41) is 7.61. The number of hydrogen-bond donors (Lipinski definition) is 2. The van der Waals surface area contributed by atoms with Gasteiger partial charge in [0.05, 0.1) is 13.1 Å². The molecule has 132 valence electrons. The molecule has 0 spiro atoms. The number of benzene rings is 1. The molecule has 2 rings (SSSR count). The normalized spacial score (nSPS) is 12.2. The van der Waals surface area contributed by atoms with Gasteiger partial charge in [-0.2, -0.15) is 0 Å². The maximum atomic E-state index is 5.83. The molecule has 0 aliphatic heterocycles. The van der Waals surface area contributed by atoms with Gasteiger partial charge in [0, 0.05) is 18.1 Å². The maximum Gasteiger partial charge on any atom is 0.191 e. The van der Waals surface area contributed by atoms with Crippen molar-refractivity contribution >= 4 is 41.3 Å². The second-order valence-electron chi connectivity index (χ2n) is 5.12. The van der Waals surface area contributed by atoms with Gasteiger partial charge in [0.2, 0.25) is 0 Å². The Morgan fingerprint density at radius 1 is 1.29 bits per heavy atom. The molecule has 2 aromatic rings. The lowest BCUT2D eigenvalue weighted by atomic mass is 10.3. The molecule has 5 nitrogen and oxygen atoms in total. The zero-order valence-electron chi connectivity index (χ0n) is 14.3. The molecule has 0 fully saturated rings. The Hall–Kier alpha value is -1.35. The smallest absolute Gasteiger partial charge is 0.191 e. The molecule has 0 bridgehead atoms. The van der Waals surface area contributed by atoms with Gasteiger partial charge in [0.15, 0.2) is 5.96 Å². The Labute approximate surface area is 165 Å². The number of aromatic nitrogens is 1. The van der Waals surface area contributed by atoms with E-state index in [0.29, 0.717) is 13.1 Å². The van der Waals surface area contributed by atoms with Crippen LogP contribution in [0, 0.1) is 0 Å². The number of ether oxygens (including phenoxy) is 1. The first kappa shape index (κ1) is 20.7. The van der Waals surface area contributed by atoms with Crippen molar-refractivity contribution < 1.29 is 4.74 Å². The minimum absolute atomic E-state index is 0. The van der Waals surface area contributed by atoms with Crippen molar-refractivity contribution in [3.8, 4) is 5.75 Å². The highest BCUT2D eigenvalue weighted by Crippen LogP contribution is 2.13. The van der Waals surface area contributed by atoms with Crippen LogP contribution in [-0.2, 0) is 13.0 Å². The number of halogens is 1. The topological polar surface area (TPSA) is 58.5 Å². The lowest BCUT2D eigenvalue weighted by Gasteiger charge is -2.17. The summed E-state index contributed by atoms with van der Waals surface area (Å²) in [6, 6.07) is 9.82. The van der Waals surface area contributed by atoms with E-state index in [1.54, 1.807) is 18.4 Å². The quantitative estimate of drug-likeness (QED) is 0.378. The third-order valence-corrected chi connectivity index (χ3v) is 4.36. The summed E-state index contributed by atoms with van der Waals surface area (Å²) >= 11 is 1.73. The van der Waals surface area contributed by atoms with Gasteiger partial charge in [0.1, 0.15) is 16.9 Å². The first-order valence-corrected chi connectivity index (χ1v) is 8.62. The number of nitrogens with zero attached hydrogens (tertiary/aromatic N) is 2. The third kappa shape index (κ3) is 7.04. The highest BCUT2D eigenvalue weighted by Gasteiger charge is 2.06. The number of aliphatic imine (C=N–C) groups is 1. The largest absolute Gasteiger partial charge is 0.489 e. The zero-order valence-corrected chi connectivity index (χ0v) is 17.4. The van der Waals surface area contributed by atoms with E-state index in [1.165, 1.54) is 4.88 Å². The van der Waals surface area contributed by atoms with Crippen LogP contribution in [0.3, 0.4) is 0 Å². The van der Waals surface area contributed by atoms with Gasteiger partial charge in [-0.25, -0.2) is 4.98 Å². The van der Waals surface area contributed by atoms with Crippen molar-refractivity contribution in [2.24, 2.45) is 4.99 Å². The highest BCUT2D eigenvalue weighted by atomic mass is 127. The van der Waals surface area contributed by atoms with Gasteiger partial charge in [-0.05, 0) is 25.5 Å². The Bertz CT molecular complexity index is 618. The van der Waals surface area contributed by atoms with E-state index >= 15 is 0 Å². The number of aryl methyl sites for hydroxylation is 1. The third-order valence-electron chi connectivity index (χ3n) is 3.22. The summed E-state index contributed by atoms with van der Waals surface area (Å²) in [6.07, 6.45) is 3.01. The first-order chi connectivity index (χ1) is 11.2. The van der Waals surface area contributed by atoms with Crippen LogP contribution in [0.1, 0.15) is 23.7 Å². The van der Waals surface area contributed by atoms with Gasteiger partial charge >= 0.3 is 0 Å². The summed E-state index contributed by atoms with van der Waals surface area (Å²) in [5.74, 6) is 1.63. The predicted molar refractivity (Wildman–Crippen MR) is 112 cm³/mol. The second kappa shape index (κ2) is 11.2. The van der Waals surface area contributed by atoms with E-state index in [9.17, 15) is 0 Å². The summed E-state index contributed by atoms with van der Waals surface area (Å²) in [6.45, 7) is 5.52. The molecule has 1 aromatic carbocycles. The Balaban J connectivity index is 0.00000288. The van der Waals surface area contributed by atoms with E-state index in [1.807, 2.05) is 43.5 Å². The summed E-state index contributed by atoms with van der Waals surface area (Å²) in [5.41, 5.74) is 0. The highest BCUT2D eigenvalue weighted by molar-refractivity contribution is 14.0. The van der Waals surface area contributed by atoms with Crippen molar-refractivity contribution in [2.45, 2.75) is 32.9 Å². The summed E-state index contributed by atoms with van der Waals surface area (Å²) in [7, 11) is 1.76. The van der Waals surface area contributed by atoms with Gasteiger partial charge in [-0.15, -0.1) is 35.3 Å². The Morgan fingerprint density at radius 2 is 2.04 bits per heavy atom. The zero-order chi connectivity index (χ0) is 16.5. The lowest BCUT2D eigenvalue weighted by Crippen LogP contribution is -2.41. The molecule has 0 radical (unpaired) electrons. The fraction of sp³-hybridized carbons (Fsp3) is 0.412. The van der Waals surface area contributed by atoms with Crippen molar-refractivity contribution in [2.75, 3.05) is 13.6 Å². The van der Waals surface area contributed by atoms with E-state index in [0.717, 1.165) is 23.1 Å². The number of nitrogens with one attached hydrogen (secondary N) is 2. The van der Waals surface area contributed by atoms with Crippen LogP contribution < -0.4 is 15.4 Å². The van der Waals surface area contributed by atoms with Gasteiger partial charge in [-0.3, -0.25) is 4.99 Å². The second-order valence-corrected chi connectivity index (χ2v) is 6.32. The molecule has 0 aliphatic rings. The molecule has 0 saturated heterocycles. The van der Waals surface area contributed by atoms with Crippen LogP contribution in [0.15, 0.2) is 41.5 Å². The lowest BCUT2D eigenvalue weighted by molar-refractivity contribution is 0.224. The van der Waals surface area contributed by atoms with Crippen LogP contribution in [0.25, 0.3) is 0 Å².